The highest BCUT2D eigenvalue weighted by Crippen LogP contribution is 2.35. The summed E-state index contributed by atoms with van der Waals surface area (Å²) in [4.78, 5) is 4.27. The molecule has 0 spiro atoms. The molecule has 0 amide bonds. The normalized spacial score (nSPS) is 31.4. The summed E-state index contributed by atoms with van der Waals surface area (Å²) < 4.78 is 7.05. The van der Waals surface area contributed by atoms with Crippen LogP contribution in [0, 0.1) is 11.8 Å². The number of halogens is 1. The van der Waals surface area contributed by atoms with Crippen molar-refractivity contribution < 1.29 is 4.74 Å². The van der Waals surface area contributed by atoms with Crippen LogP contribution < -0.4 is 5.32 Å². The molecule has 112 valence electrons. The molecular weight excluding hydrogens is 316 g/mol. The van der Waals surface area contributed by atoms with Crippen molar-refractivity contribution in [3.05, 3.63) is 28.5 Å². The average Bonchev–Trinajstić information content (AvgIpc) is 2.63. The van der Waals surface area contributed by atoms with Gasteiger partial charge in [-0.2, -0.15) is 0 Å². The van der Waals surface area contributed by atoms with Crippen molar-refractivity contribution in [2.24, 2.45) is 11.8 Å². The van der Waals surface area contributed by atoms with Gasteiger partial charge in [0.1, 0.15) is 0 Å². The Kier molecular flexibility index (Phi) is 5.58. The molecular formula is C16H25BrN2O. The number of likely N-dealkylation sites (N-methyl/N-ethyl adjacent to an activating group) is 1. The molecule has 1 aliphatic rings. The third-order valence-electron chi connectivity index (χ3n) is 4.47. The summed E-state index contributed by atoms with van der Waals surface area (Å²) >= 11 is 3.50. The Morgan fingerprint density at radius 2 is 2.05 bits per heavy atom. The summed E-state index contributed by atoms with van der Waals surface area (Å²) in [6.07, 6.45) is 5.44. The van der Waals surface area contributed by atoms with Crippen molar-refractivity contribution >= 4 is 15.9 Å². The Balaban J connectivity index is 2.14. The Morgan fingerprint density at radius 1 is 1.30 bits per heavy atom. The molecule has 5 unspecified atom stereocenters. The second-order valence-electron chi connectivity index (χ2n) is 5.86. The molecule has 0 aliphatic carbocycles. The number of nitrogens with zero attached hydrogens (tertiary/aromatic N) is 1. The predicted molar refractivity (Wildman–Crippen MR) is 85.8 cm³/mol. The molecule has 0 aromatic carbocycles. The van der Waals surface area contributed by atoms with E-state index in [-0.39, 0.29) is 0 Å². The predicted octanol–water partition coefficient (Wildman–Crippen LogP) is 3.42. The highest BCUT2D eigenvalue weighted by molar-refractivity contribution is 9.10. The molecule has 1 aliphatic heterocycles. The lowest BCUT2D eigenvalue weighted by Gasteiger charge is -2.29. The molecule has 0 radical (unpaired) electrons. The molecule has 0 saturated carbocycles. The fraction of sp³-hybridized carbons (Fsp3) is 0.688. The van der Waals surface area contributed by atoms with Crippen LogP contribution in [0.2, 0.25) is 0 Å². The van der Waals surface area contributed by atoms with Gasteiger partial charge in [0.05, 0.1) is 12.2 Å². The Labute approximate surface area is 130 Å². The number of nitrogens with one attached hydrogen (secondary N) is 1. The molecule has 1 aromatic rings. The number of hydrogen-bond acceptors (Lipinski definition) is 3. The van der Waals surface area contributed by atoms with Gasteiger partial charge in [0.25, 0.3) is 0 Å². The van der Waals surface area contributed by atoms with Crippen LogP contribution in [0.1, 0.15) is 33.3 Å². The minimum atomic E-state index is 0.309. The van der Waals surface area contributed by atoms with Crippen LogP contribution in [0.4, 0.5) is 0 Å². The number of aromatic nitrogens is 1. The fourth-order valence-electron chi connectivity index (χ4n) is 3.42. The Bertz CT molecular complexity index is 440. The summed E-state index contributed by atoms with van der Waals surface area (Å²) in [6, 6.07) is 2.59. The van der Waals surface area contributed by atoms with E-state index in [2.05, 4.69) is 60.0 Å². The molecule has 3 nitrogen and oxygen atoms in total. The first-order valence-corrected chi connectivity index (χ1v) is 8.30. The molecule has 1 aromatic heterocycles. The number of rotatable bonds is 5. The van der Waals surface area contributed by atoms with Gasteiger partial charge >= 0.3 is 0 Å². The lowest BCUT2D eigenvalue weighted by molar-refractivity contribution is 0.0476. The van der Waals surface area contributed by atoms with Gasteiger partial charge in [-0.05, 0) is 60.3 Å². The van der Waals surface area contributed by atoms with E-state index in [4.69, 9.17) is 4.74 Å². The zero-order valence-corrected chi connectivity index (χ0v) is 14.4. The maximum Gasteiger partial charge on any atom is 0.0597 e. The Hall–Kier alpha value is -0.450. The largest absolute Gasteiger partial charge is 0.375 e. The van der Waals surface area contributed by atoms with Crippen molar-refractivity contribution in [1.82, 2.24) is 10.3 Å². The van der Waals surface area contributed by atoms with Crippen LogP contribution in [0.15, 0.2) is 22.9 Å². The van der Waals surface area contributed by atoms with Crippen LogP contribution in [0.3, 0.4) is 0 Å². The first kappa shape index (κ1) is 15.9. The van der Waals surface area contributed by atoms with Gasteiger partial charge in [-0.15, -0.1) is 0 Å². The van der Waals surface area contributed by atoms with Crippen LogP contribution >= 0.6 is 15.9 Å². The molecule has 5 atom stereocenters. The number of ether oxygens (including phenoxy) is 1. The van der Waals surface area contributed by atoms with Crippen molar-refractivity contribution in [3.63, 3.8) is 0 Å². The maximum atomic E-state index is 6.01. The van der Waals surface area contributed by atoms with Crippen LogP contribution in [0.5, 0.6) is 0 Å². The van der Waals surface area contributed by atoms with Crippen molar-refractivity contribution in [2.45, 2.75) is 52.4 Å². The quantitative estimate of drug-likeness (QED) is 0.891. The zero-order valence-electron chi connectivity index (χ0n) is 12.8. The average molecular weight is 341 g/mol. The van der Waals surface area contributed by atoms with E-state index in [0.29, 0.717) is 30.1 Å². The lowest BCUT2D eigenvalue weighted by Crippen LogP contribution is -2.43. The monoisotopic (exact) mass is 340 g/mol. The summed E-state index contributed by atoms with van der Waals surface area (Å²) in [7, 11) is 0. The summed E-state index contributed by atoms with van der Waals surface area (Å²) in [5.74, 6) is 1.12. The standard InChI is InChI=1S/C16H25BrN2O/c1-5-19-15(7-13-6-14(17)9-18-8-13)16-10(2)11(3)20-12(16)4/h6,8-12,15-16,19H,5,7H2,1-4H3. The van der Waals surface area contributed by atoms with Crippen LogP contribution in [0.25, 0.3) is 0 Å². The summed E-state index contributed by atoms with van der Waals surface area (Å²) in [5, 5.41) is 3.65. The van der Waals surface area contributed by atoms with E-state index in [1.807, 2.05) is 12.4 Å². The third kappa shape index (κ3) is 3.60. The summed E-state index contributed by atoms with van der Waals surface area (Å²) in [5.41, 5.74) is 1.27. The first-order valence-electron chi connectivity index (χ1n) is 7.51. The van der Waals surface area contributed by atoms with E-state index < -0.39 is 0 Å². The van der Waals surface area contributed by atoms with Crippen molar-refractivity contribution in [3.8, 4) is 0 Å². The van der Waals surface area contributed by atoms with Crippen LogP contribution in [-0.2, 0) is 11.2 Å². The molecule has 2 rings (SSSR count). The highest BCUT2D eigenvalue weighted by Gasteiger charge is 2.41. The molecule has 0 bridgehead atoms. The molecule has 1 fully saturated rings. The van der Waals surface area contributed by atoms with Gasteiger partial charge in [-0.25, -0.2) is 0 Å². The van der Waals surface area contributed by atoms with E-state index in [1.165, 1.54) is 5.56 Å². The van der Waals surface area contributed by atoms with E-state index in [0.717, 1.165) is 17.4 Å². The van der Waals surface area contributed by atoms with Gasteiger partial charge in [0, 0.05) is 28.8 Å². The second kappa shape index (κ2) is 7.01. The van der Waals surface area contributed by atoms with Crippen molar-refractivity contribution in [2.75, 3.05) is 6.54 Å². The molecule has 1 N–H and O–H groups in total. The number of pyridine rings is 1. The van der Waals surface area contributed by atoms with Crippen LogP contribution in [-0.4, -0.2) is 29.8 Å². The minimum Gasteiger partial charge on any atom is -0.375 e. The summed E-state index contributed by atoms with van der Waals surface area (Å²) in [6.45, 7) is 9.85. The molecule has 1 saturated heterocycles. The molecule has 4 heteroatoms. The lowest BCUT2D eigenvalue weighted by atomic mass is 9.81. The molecule has 20 heavy (non-hydrogen) atoms. The van der Waals surface area contributed by atoms with E-state index in [1.54, 1.807) is 0 Å². The van der Waals surface area contributed by atoms with E-state index >= 15 is 0 Å². The minimum absolute atomic E-state index is 0.309. The molecule has 2 heterocycles. The maximum absolute atomic E-state index is 6.01. The number of hydrogen-bond donors (Lipinski definition) is 1. The zero-order chi connectivity index (χ0) is 14.7. The Morgan fingerprint density at radius 3 is 2.60 bits per heavy atom. The van der Waals surface area contributed by atoms with Gasteiger partial charge in [0.2, 0.25) is 0 Å². The van der Waals surface area contributed by atoms with Gasteiger partial charge in [0.15, 0.2) is 0 Å². The first-order chi connectivity index (χ1) is 9.52. The topological polar surface area (TPSA) is 34.2 Å². The van der Waals surface area contributed by atoms with Gasteiger partial charge in [-0.3, -0.25) is 4.98 Å². The second-order valence-corrected chi connectivity index (χ2v) is 6.78. The third-order valence-corrected chi connectivity index (χ3v) is 4.90. The van der Waals surface area contributed by atoms with Gasteiger partial charge < -0.3 is 10.1 Å². The highest BCUT2D eigenvalue weighted by atomic mass is 79.9. The van der Waals surface area contributed by atoms with Gasteiger partial charge in [-0.1, -0.05) is 13.8 Å². The smallest absolute Gasteiger partial charge is 0.0597 e. The van der Waals surface area contributed by atoms with Crippen molar-refractivity contribution in [1.29, 1.82) is 0 Å². The SMILES string of the molecule is CCNC(Cc1cncc(Br)c1)C1C(C)OC(C)C1C. The fourth-order valence-corrected chi connectivity index (χ4v) is 3.83. The van der Waals surface area contributed by atoms with E-state index in [9.17, 15) is 0 Å².